The molecule has 0 spiro atoms. The Morgan fingerprint density at radius 1 is 1.10 bits per heavy atom. The number of carbonyl (C=O) groups is 1. The molecule has 39 heavy (non-hydrogen) atoms. The first-order chi connectivity index (χ1) is 18.7. The van der Waals surface area contributed by atoms with Crippen molar-refractivity contribution in [3.05, 3.63) is 71.1 Å². The van der Waals surface area contributed by atoms with Crippen molar-refractivity contribution < 1.29 is 36.6 Å². The van der Waals surface area contributed by atoms with Gasteiger partial charge in [-0.2, -0.15) is 18.3 Å². The van der Waals surface area contributed by atoms with E-state index < -0.39 is 25.0 Å². The molecule has 1 saturated heterocycles. The van der Waals surface area contributed by atoms with E-state index in [4.69, 9.17) is 14.2 Å². The first-order valence-electron chi connectivity index (χ1n) is 12.7. The molecule has 1 atom stereocenters. The fraction of sp³-hybridized carbons (Fsp3) is 0.444. The Balaban J connectivity index is 1.15. The highest BCUT2D eigenvalue weighted by atomic mass is 19.4. The maximum atomic E-state index is 13.6. The van der Waals surface area contributed by atoms with Gasteiger partial charge in [-0.15, -0.1) is 0 Å². The van der Waals surface area contributed by atoms with E-state index in [2.05, 4.69) is 10.1 Å². The number of aromatic nitrogens is 3. The van der Waals surface area contributed by atoms with Crippen LogP contribution in [-0.2, 0) is 28.9 Å². The predicted molar refractivity (Wildman–Crippen MR) is 131 cm³/mol. The number of rotatable bonds is 7. The van der Waals surface area contributed by atoms with Crippen molar-refractivity contribution in [1.82, 2.24) is 19.7 Å². The number of carbonyl (C=O) groups excluding carboxylic acids is 1. The number of hydrogen-bond donors (Lipinski definition) is 0. The maximum Gasteiger partial charge on any atom is 0.427 e. The number of benzene rings is 2. The van der Waals surface area contributed by atoms with Crippen LogP contribution >= 0.6 is 0 Å². The van der Waals surface area contributed by atoms with Gasteiger partial charge in [-0.1, -0.05) is 12.1 Å². The average Bonchev–Trinajstić information content (AvgIpc) is 3.37. The summed E-state index contributed by atoms with van der Waals surface area (Å²) in [7, 11) is 1.51. The minimum Gasteiger partial charge on any atom is -0.497 e. The number of nitrogens with zero attached hydrogens (tertiary/aromatic N) is 4. The fourth-order valence-corrected chi connectivity index (χ4v) is 4.81. The average molecular weight is 549 g/mol. The van der Waals surface area contributed by atoms with Crippen LogP contribution in [0.2, 0.25) is 0 Å². The molecule has 0 bridgehead atoms. The van der Waals surface area contributed by atoms with Crippen LogP contribution in [0.15, 0.2) is 42.5 Å². The third-order valence-electron chi connectivity index (χ3n) is 7.00. The second kappa shape index (κ2) is 11.2. The van der Waals surface area contributed by atoms with Gasteiger partial charge in [0.15, 0.2) is 5.82 Å². The molecule has 1 aromatic heterocycles. The van der Waals surface area contributed by atoms with Crippen molar-refractivity contribution >= 4 is 6.09 Å². The largest absolute Gasteiger partial charge is 0.497 e. The minimum atomic E-state index is -4.77. The van der Waals surface area contributed by atoms with Gasteiger partial charge in [0.25, 0.3) is 0 Å². The molecule has 1 amide bonds. The third-order valence-corrected chi connectivity index (χ3v) is 7.00. The molecule has 0 N–H and O–H groups in total. The van der Waals surface area contributed by atoms with E-state index in [1.54, 1.807) is 35.0 Å². The number of halogens is 4. The highest BCUT2D eigenvalue weighted by molar-refractivity contribution is 5.68. The number of fused-ring (bicyclic) bond motifs is 3. The Bertz CT molecular complexity index is 1300. The first-order valence-corrected chi connectivity index (χ1v) is 12.7. The Labute approximate surface area is 222 Å². The number of amides is 1. The van der Waals surface area contributed by atoms with Crippen molar-refractivity contribution in [2.24, 2.45) is 0 Å². The van der Waals surface area contributed by atoms with Gasteiger partial charge in [0.2, 0.25) is 6.10 Å². The van der Waals surface area contributed by atoms with E-state index >= 15 is 0 Å². The number of ether oxygens (including phenoxy) is 3. The third kappa shape index (κ3) is 6.16. The molecule has 2 aliphatic rings. The molecule has 2 aromatic carbocycles. The quantitative estimate of drug-likeness (QED) is 0.388. The lowest BCUT2D eigenvalue weighted by molar-refractivity contribution is -0.220. The van der Waals surface area contributed by atoms with E-state index in [0.717, 1.165) is 17.1 Å². The summed E-state index contributed by atoms with van der Waals surface area (Å²) in [6.07, 6.45) is -5.91. The van der Waals surface area contributed by atoms with Crippen molar-refractivity contribution in [3.8, 4) is 11.4 Å². The summed E-state index contributed by atoms with van der Waals surface area (Å²) in [5, 5.41) is 4.64. The number of likely N-dealkylation sites (tertiary alicyclic amines) is 1. The zero-order chi connectivity index (χ0) is 27.6. The van der Waals surface area contributed by atoms with Crippen LogP contribution in [0.3, 0.4) is 0 Å². The van der Waals surface area contributed by atoms with Crippen LogP contribution in [-0.4, -0.2) is 64.8 Å². The van der Waals surface area contributed by atoms with Gasteiger partial charge in [0, 0.05) is 25.4 Å². The molecular formula is C27H28F4N4O4. The monoisotopic (exact) mass is 548 g/mol. The molecule has 0 aliphatic carbocycles. The Kier molecular flexibility index (Phi) is 7.74. The van der Waals surface area contributed by atoms with Crippen molar-refractivity contribution in [2.75, 3.05) is 26.8 Å². The van der Waals surface area contributed by atoms with Gasteiger partial charge >= 0.3 is 12.3 Å². The highest BCUT2D eigenvalue weighted by Crippen LogP contribution is 2.31. The molecule has 1 unspecified atom stereocenters. The number of alkyl halides is 3. The smallest absolute Gasteiger partial charge is 0.427 e. The molecule has 1 fully saturated rings. The first kappa shape index (κ1) is 26.9. The minimum absolute atomic E-state index is 0.0534. The van der Waals surface area contributed by atoms with Gasteiger partial charge in [0.05, 0.1) is 26.0 Å². The van der Waals surface area contributed by atoms with Crippen LogP contribution in [0.25, 0.3) is 5.69 Å². The molecule has 208 valence electrons. The Morgan fingerprint density at radius 3 is 2.54 bits per heavy atom. The summed E-state index contributed by atoms with van der Waals surface area (Å²) in [4.78, 5) is 18.5. The second-order valence-electron chi connectivity index (χ2n) is 9.61. The number of aryl methyl sites for hydroxylation is 2. The lowest BCUT2D eigenvalue weighted by Crippen LogP contribution is -2.44. The highest BCUT2D eigenvalue weighted by Gasteiger charge is 2.44. The Morgan fingerprint density at radius 2 is 1.85 bits per heavy atom. The summed E-state index contributed by atoms with van der Waals surface area (Å²) in [6.45, 7) is -0.452. The molecule has 3 heterocycles. The number of piperidine rings is 1. The molecule has 2 aliphatic heterocycles. The van der Waals surface area contributed by atoms with Crippen molar-refractivity contribution in [2.45, 2.75) is 50.5 Å². The van der Waals surface area contributed by atoms with Crippen LogP contribution in [0.5, 0.6) is 5.75 Å². The van der Waals surface area contributed by atoms with E-state index in [9.17, 15) is 22.4 Å². The molecule has 8 nitrogen and oxygen atoms in total. The number of methoxy groups -OCH3 is 1. The maximum absolute atomic E-state index is 13.6. The predicted octanol–water partition coefficient (Wildman–Crippen LogP) is 4.98. The van der Waals surface area contributed by atoms with Crippen LogP contribution < -0.4 is 4.74 Å². The van der Waals surface area contributed by atoms with Gasteiger partial charge in [-0.05, 0) is 60.7 Å². The standard InChI is InChI=1S/C27H28F4N4O4/c1-37-21-6-2-17(3-7-21)15-38-16-23(27(29,30)31)39-26(36)34-12-10-18(11-13-34)25-32-24-9-4-19-14-20(28)5-8-22(19)35(24)33-25/h2-3,5-8,14,18,23H,4,9-13,15-16H2,1H3. The zero-order valence-corrected chi connectivity index (χ0v) is 21.3. The fourth-order valence-electron chi connectivity index (χ4n) is 4.81. The topological polar surface area (TPSA) is 78.7 Å². The molecule has 5 rings (SSSR count). The van der Waals surface area contributed by atoms with E-state index in [-0.39, 0.29) is 31.4 Å². The zero-order valence-electron chi connectivity index (χ0n) is 21.3. The summed E-state index contributed by atoms with van der Waals surface area (Å²) in [5.41, 5.74) is 2.32. The number of hydrogen-bond acceptors (Lipinski definition) is 6. The molecular weight excluding hydrogens is 520 g/mol. The molecule has 3 aromatic rings. The molecule has 0 saturated carbocycles. The lowest BCUT2D eigenvalue weighted by Gasteiger charge is -2.31. The summed E-state index contributed by atoms with van der Waals surface area (Å²) in [5.74, 6) is 1.68. The van der Waals surface area contributed by atoms with Gasteiger partial charge in [-0.25, -0.2) is 18.9 Å². The molecule has 0 radical (unpaired) electrons. The van der Waals surface area contributed by atoms with Crippen molar-refractivity contribution in [3.63, 3.8) is 0 Å². The van der Waals surface area contributed by atoms with Crippen LogP contribution in [0.1, 0.15) is 41.5 Å². The van der Waals surface area contributed by atoms with Crippen LogP contribution in [0, 0.1) is 5.82 Å². The van der Waals surface area contributed by atoms with Gasteiger partial charge in [-0.3, -0.25) is 0 Å². The summed E-state index contributed by atoms with van der Waals surface area (Å²) in [6, 6.07) is 11.3. The van der Waals surface area contributed by atoms with Crippen LogP contribution in [0.4, 0.5) is 22.4 Å². The van der Waals surface area contributed by atoms with E-state index in [1.165, 1.54) is 24.1 Å². The normalized spacial score (nSPS) is 16.4. The van der Waals surface area contributed by atoms with E-state index in [0.29, 0.717) is 42.8 Å². The van der Waals surface area contributed by atoms with E-state index in [1.807, 2.05) is 0 Å². The SMILES string of the molecule is COc1ccc(COCC(OC(=O)N2CCC(c3nc4n(n3)-c3ccc(F)cc3CC4)CC2)C(F)(F)F)cc1. The second-order valence-corrected chi connectivity index (χ2v) is 9.61. The summed E-state index contributed by atoms with van der Waals surface area (Å²) < 4.78 is 71.1. The van der Waals surface area contributed by atoms with Crippen molar-refractivity contribution in [1.29, 1.82) is 0 Å². The van der Waals surface area contributed by atoms with Gasteiger partial charge in [0.1, 0.15) is 17.4 Å². The van der Waals surface area contributed by atoms with Gasteiger partial charge < -0.3 is 19.1 Å². The lowest BCUT2D eigenvalue weighted by atomic mass is 9.96. The molecule has 12 heteroatoms. The Hall–Kier alpha value is -3.67. The summed E-state index contributed by atoms with van der Waals surface area (Å²) >= 11 is 0.